The number of morpholine rings is 1. The van der Waals surface area contributed by atoms with Crippen molar-refractivity contribution in [1.82, 2.24) is 25.2 Å². The van der Waals surface area contributed by atoms with Crippen LogP contribution in [0.1, 0.15) is 16.8 Å². The van der Waals surface area contributed by atoms with Crippen molar-refractivity contribution in [3.8, 4) is 11.4 Å². The molecule has 7 nitrogen and oxygen atoms in total. The second-order valence-corrected chi connectivity index (χ2v) is 5.60. The predicted octanol–water partition coefficient (Wildman–Crippen LogP) is 0.991. The zero-order valence-electron chi connectivity index (χ0n) is 13.5. The van der Waals surface area contributed by atoms with Crippen molar-refractivity contribution in [2.75, 3.05) is 39.4 Å². The fraction of sp³-hybridized carbons (Fsp3) is 0.412. The van der Waals surface area contributed by atoms with E-state index in [1.165, 1.54) is 0 Å². The molecule has 3 heterocycles. The number of amides is 1. The SMILES string of the molecule is O=C(NCCCN1CCOCC1)c1cnc(-c2cccnc2)nc1. The lowest BCUT2D eigenvalue weighted by Gasteiger charge is -2.26. The summed E-state index contributed by atoms with van der Waals surface area (Å²) in [6.07, 6.45) is 7.41. The van der Waals surface area contributed by atoms with Crippen LogP contribution in [0, 0.1) is 0 Å². The maximum absolute atomic E-state index is 12.1. The van der Waals surface area contributed by atoms with Gasteiger partial charge in [-0.2, -0.15) is 0 Å². The van der Waals surface area contributed by atoms with Gasteiger partial charge in [-0.3, -0.25) is 14.7 Å². The summed E-state index contributed by atoms with van der Waals surface area (Å²) in [7, 11) is 0. The van der Waals surface area contributed by atoms with Gasteiger partial charge < -0.3 is 10.1 Å². The Morgan fingerprint density at radius 2 is 2.00 bits per heavy atom. The number of carbonyl (C=O) groups excluding carboxylic acids is 1. The van der Waals surface area contributed by atoms with Crippen LogP contribution in [0.3, 0.4) is 0 Å². The van der Waals surface area contributed by atoms with E-state index in [1.54, 1.807) is 24.8 Å². The Morgan fingerprint density at radius 3 is 2.71 bits per heavy atom. The molecule has 1 amide bonds. The Hall–Kier alpha value is -2.38. The molecule has 0 saturated carbocycles. The van der Waals surface area contributed by atoms with Crippen LogP contribution in [-0.2, 0) is 4.74 Å². The van der Waals surface area contributed by atoms with Crippen LogP contribution in [0.5, 0.6) is 0 Å². The molecule has 1 N–H and O–H groups in total. The van der Waals surface area contributed by atoms with Gasteiger partial charge >= 0.3 is 0 Å². The van der Waals surface area contributed by atoms with Crippen molar-refractivity contribution in [3.63, 3.8) is 0 Å². The molecule has 126 valence electrons. The number of hydrogen-bond donors (Lipinski definition) is 1. The summed E-state index contributed by atoms with van der Waals surface area (Å²) in [6, 6.07) is 3.71. The molecule has 1 saturated heterocycles. The van der Waals surface area contributed by atoms with Crippen LogP contribution in [0.15, 0.2) is 36.9 Å². The maximum atomic E-state index is 12.1. The second-order valence-electron chi connectivity index (χ2n) is 5.60. The number of carbonyl (C=O) groups is 1. The van der Waals surface area contributed by atoms with Gasteiger partial charge in [0.2, 0.25) is 0 Å². The number of ether oxygens (including phenoxy) is 1. The largest absolute Gasteiger partial charge is 0.379 e. The van der Waals surface area contributed by atoms with Gasteiger partial charge in [-0.15, -0.1) is 0 Å². The van der Waals surface area contributed by atoms with Crippen LogP contribution < -0.4 is 5.32 Å². The Bertz CT molecular complexity index is 642. The van der Waals surface area contributed by atoms with E-state index in [-0.39, 0.29) is 5.91 Å². The monoisotopic (exact) mass is 327 g/mol. The molecule has 3 rings (SSSR count). The maximum Gasteiger partial charge on any atom is 0.254 e. The second kappa shape index (κ2) is 8.47. The highest BCUT2D eigenvalue weighted by Crippen LogP contribution is 2.11. The third-order valence-electron chi connectivity index (χ3n) is 3.87. The number of nitrogens with zero attached hydrogens (tertiary/aromatic N) is 4. The van der Waals surface area contributed by atoms with Gasteiger partial charge in [0.05, 0.1) is 18.8 Å². The minimum Gasteiger partial charge on any atom is -0.379 e. The molecule has 0 aromatic carbocycles. The van der Waals surface area contributed by atoms with Crippen molar-refractivity contribution in [2.45, 2.75) is 6.42 Å². The van der Waals surface area contributed by atoms with E-state index < -0.39 is 0 Å². The Morgan fingerprint density at radius 1 is 1.21 bits per heavy atom. The number of hydrogen-bond acceptors (Lipinski definition) is 6. The molecule has 0 atom stereocenters. The van der Waals surface area contributed by atoms with E-state index in [1.807, 2.05) is 12.1 Å². The van der Waals surface area contributed by atoms with Crippen molar-refractivity contribution < 1.29 is 9.53 Å². The minimum atomic E-state index is -0.144. The zero-order chi connectivity index (χ0) is 16.6. The molecule has 0 bridgehead atoms. The van der Waals surface area contributed by atoms with E-state index in [4.69, 9.17) is 4.74 Å². The molecule has 7 heteroatoms. The van der Waals surface area contributed by atoms with Gasteiger partial charge in [0.1, 0.15) is 0 Å². The minimum absolute atomic E-state index is 0.144. The van der Waals surface area contributed by atoms with E-state index in [0.29, 0.717) is 17.9 Å². The van der Waals surface area contributed by atoms with Gasteiger partial charge in [-0.1, -0.05) is 0 Å². The van der Waals surface area contributed by atoms with Crippen molar-refractivity contribution in [3.05, 3.63) is 42.5 Å². The first kappa shape index (κ1) is 16.5. The smallest absolute Gasteiger partial charge is 0.254 e. The average molecular weight is 327 g/mol. The quantitative estimate of drug-likeness (QED) is 0.797. The first-order chi connectivity index (χ1) is 11.8. The molecule has 24 heavy (non-hydrogen) atoms. The lowest BCUT2D eigenvalue weighted by molar-refractivity contribution is 0.0374. The number of aromatic nitrogens is 3. The average Bonchev–Trinajstić information content (AvgIpc) is 2.67. The highest BCUT2D eigenvalue weighted by atomic mass is 16.5. The number of rotatable bonds is 6. The lowest BCUT2D eigenvalue weighted by Crippen LogP contribution is -2.38. The molecule has 0 aliphatic carbocycles. The van der Waals surface area contributed by atoms with Crippen LogP contribution in [0.2, 0.25) is 0 Å². The fourth-order valence-electron chi connectivity index (χ4n) is 2.52. The summed E-state index contributed by atoms with van der Waals surface area (Å²) in [4.78, 5) is 27.0. The third kappa shape index (κ3) is 4.56. The number of nitrogens with one attached hydrogen (secondary N) is 1. The summed E-state index contributed by atoms with van der Waals surface area (Å²) in [5, 5.41) is 2.91. The first-order valence-electron chi connectivity index (χ1n) is 8.14. The molecule has 2 aromatic heterocycles. The predicted molar refractivity (Wildman–Crippen MR) is 89.5 cm³/mol. The van der Waals surface area contributed by atoms with Crippen molar-refractivity contribution >= 4 is 5.91 Å². The summed E-state index contributed by atoms with van der Waals surface area (Å²) < 4.78 is 5.31. The van der Waals surface area contributed by atoms with Crippen molar-refractivity contribution in [2.24, 2.45) is 0 Å². The fourth-order valence-corrected chi connectivity index (χ4v) is 2.52. The molecule has 0 spiro atoms. The van der Waals surface area contributed by atoms with Crippen LogP contribution >= 0.6 is 0 Å². The summed E-state index contributed by atoms with van der Waals surface area (Å²) in [6.45, 7) is 5.15. The lowest BCUT2D eigenvalue weighted by atomic mass is 10.2. The topological polar surface area (TPSA) is 80.2 Å². The normalized spacial score (nSPS) is 15.2. The Labute approximate surface area is 141 Å². The molecule has 2 aromatic rings. The summed E-state index contributed by atoms with van der Waals surface area (Å²) in [5.74, 6) is 0.418. The van der Waals surface area contributed by atoms with Crippen LogP contribution in [0.25, 0.3) is 11.4 Å². The Balaban J connectivity index is 1.45. The van der Waals surface area contributed by atoms with Gasteiger partial charge in [0, 0.05) is 50.0 Å². The molecule has 0 radical (unpaired) electrons. The van der Waals surface area contributed by atoms with E-state index in [2.05, 4.69) is 25.2 Å². The van der Waals surface area contributed by atoms with Gasteiger partial charge in [-0.05, 0) is 25.1 Å². The number of pyridine rings is 1. The molecular formula is C17H21N5O2. The van der Waals surface area contributed by atoms with E-state index in [9.17, 15) is 4.79 Å². The van der Waals surface area contributed by atoms with E-state index in [0.717, 1.165) is 44.8 Å². The molecule has 0 unspecified atom stereocenters. The molecule has 1 fully saturated rings. The Kier molecular flexibility index (Phi) is 5.81. The van der Waals surface area contributed by atoms with Crippen LogP contribution in [0.4, 0.5) is 0 Å². The highest BCUT2D eigenvalue weighted by molar-refractivity contribution is 5.93. The third-order valence-corrected chi connectivity index (χ3v) is 3.87. The zero-order valence-corrected chi connectivity index (χ0v) is 13.5. The first-order valence-corrected chi connectivity index (χ1v) is 8.14. The van der Waals surface area contributed by atoms with E-state index >= 15 is 0 Å². The van der Waals surface area contributed by atoms with Crippen molar-refractivity contribution in [1.29, 1.82) is 0 Å². The summed E-state index contributed by atoms with van der Waals surface area (Å²) >= 11 is 0. The van der Waals surface area contributed by atoms with Crippen LogP contribution in [-0.4, -0.2) is 65.2 Å². The molecular weight excluding hydrogens is 306 g/mol. The van der Waals surface area contributed by atoms with Gasteiger partial charge in [-0.25, -0.2) is 9.97 Å². The molecule has 1 aliphatic heterocycles. The molecule has 1 aliphatic rings. The standard InChI is InChI=1S/C17H21N5O2/c23-17(19-5-2-6-22-7-9-24-10-8-22)15-12-20-16(21-13-15)14-3-1-4-18-11-14/h1,3-4,11-13H,2,5-10H2,(H,19,23). The van der Waals surface area contributed by atoms with Gasteiger partial charge in [0.25, 0.3) is 5.91 Å². The van der Waals surface area contributed by atoms with Gasteiger partial charge in [0.15, 0.2) is 5.82 Å². The summed E-state index contributed by atoms with van der Waals surface area (Å²) in [5.41, 5.74) is 1.30. The highest BCUT2D eigenvalue weighted by Gasteiger charge is 2.11.